The Labute approximate surface area is 110 Å². The minimum Gasteiger partial charge on any atom is -0.387 e. The number of sulfonamides is 1. The van der Waals surface area contributed by atoms with Gasteiger partial charge in [0.25, 0.3) is 0 Å². The zero-order valence-electron chi connectivity index (χ0n) is 11.7. The first kappa shape index (κ1) is 15.9. The van der Waals surface area contributed by atoms with E-state index in [1.807, 2.05) is 6.92 Å². The molecule has 0 radical (unpaired) electrons. The summed E-state index contributed by atoms with van der Waals surface area (Å²) in [6, 6.07) is 0. The smallest absolute Gasteiger partial charge is 0.211 e. The highest BCUT2D eigenvalue weighted by molar-refractivity contribution is 7.88. The summed E-state index contributed by atoms with van der Waals surface area (Å²) >= 11 is 0. The Balaban J connectivity index is 2.63. The molecule has 0 aromatic rings. The van der Waals surface area contributed by atoms with E-state index in [4.69, 9.17) is 4.74 Å². The number of aliphatic hydroxyl groups is 1. The van der Waals surface area contributed by atoms with Crippen LogP contribution in [0.4, 0.5) is 0 Å². The summed E-state index contributed by atoms with van der Waals surface area (Å²) in [7, 11) is -1.55. The van der Waals surface area contributed by atoms with Crippen molar-refractivity contribution < 1.29 is 18.3 Å². The van der Waals surface area contributed by atoms with E-state index in [1.54, 1.807) is 14.0 Å². The molecule has 0 aliphatic carbocycles. The normalized spacial score (nSPS) is 27.7. The van der Waals surface area contributed by atoms with E-state index < -0.39 is 15.6 Å². The van der Waals surface area contributed by atoms with E-state index in [1.165, 1.54) is 10.6 Å². The molecule has 0 spiro atoms. The number of methoxy groups -OCH3 is 1. The summed E-state index contributed by atoms with van der Waals surface area (Å²) in [6.45, 7) is 4.68. The Kier molecular flexibility index (Phi) is 5.17. The molecule has 1 N–H and O–H groups in total. The molecule has 5 nitrogen and oxygen atoms in total. The first-order valence-electron chi connectivity index (χ1n) is 6.37. The Morgan fingerprint density at radius 3 is 2.67 bits per heavy atom. The molecule has 0 bridgehead atoms. The monoisotopic (exact) mass is 279 g/mol. The molecule has 1 aliphatic rings. The number of piperidine rings is 1. The number of rotatable bonds is 5. The molecule has 3 atom stereocenters. The average molecular weight is 279 g/mol. The highest BCUT2D eigenvalue weighted by atomic mass is 32.2. The van der Waals surface area contributed by atoms with Crippen molar-refractivity contribution in [3.63, 3.8) is 0 Å². The maximum absolute atomic E-state index is 11.5. The van der Waals surface area contributed by atoms with Gasteiger partial charge in [-0.25, -0.2) is 12.7 Å². The van der Waals surface area contributed by atoms with Crippen molar-refractivity contribution in [2.24, 2.45) is 5.92 Å². The molecule has 6 heteroatoms. The van der Waals surface area contributed by atoms with Crippen LogP contribution in [0.1, 0.15) is 33.1 Å². The lowest BCUT2D eigenvalue weighted by Crippen LogP contribution is -2.45. The third-order valence-corrected chi connectivity index (χ3v) is 5.15. The van der Waals surface area contributed by atoms with Gasteiger partial charge in [-0.05, 0) is 39.0 Å². The molecule has 1 heterocycles. The van der Waals surface area contributed by atoms with Gasteiger partial charge < -0.3 is 9.84 Å². The van der Waals surface area contributed by atoms with Crippen molar-refractivity contribution >= 4 is 10.0 Å². The molecule has 1 saturated heterocycles. The van der Waals surface area contributed by atoms with Crippen LogP contribution in [0.2, 0.25) is 0 Å². The lowest BCUT2D eigenvalue weighted by atomic mass is 9.84. The van der Waals surface area contributed by atoms with Crippen molar-refractivity contribution in [2.45, 2.75) is 44.8 Å². The summed E-state index contributed by atoms with van der Waals surface area (Å²) in [5.41, 5.74) is -0.917. The number of ether oxygens (including phenoxy) is 1. The molecular weight excluding hydrogens is 254 g/mol. The van der Waals surface area contributed by atoms with Crippen molar-refractivity contribution in [1.82, 2.24) is 4.31 Å². The summed E-state index contributed by atoms with van der Waals surface area (Å²) in [6.07, 6.45) is 3.36. The third-order valence-electron chi connectivity index (χ3n) is 3.88. The van der Waals surface area contributed by atoms with Crippen LogP contribution in [0.25, 0.3) is 0 Å². The molecule has 0 saturated carbocycles. The third kappa shape index (κ3) is 4.19. The van der Waals surface area contributed by atoms with Crippen molar-refractivity contribution in [2.75, 3.05) is 26.5 Å². The average Bonchev–Trinajstić information content (AvgIpc) is 2.26. The summed E-state index contributed by atoms with van der Waals surface area (Å²) in [5.74, 6) is 0.195. The van der Waals surface area contributed by atoms with Crippen LogP contribution in [-0.4, -0.2) is 56.0 Å². The molecule has 0 amide bonds. The molecule has 1 aliphatic heterocycles. The van der Waals surface area contributed by atoms with Gasteiger partial charge in [-0.1, -0.05) is 0 Å². The molecule has 108 valence electrons. The maximum Gasteiger partial charge on any atom is 0.211 e. The zero-order chi connectivity index (χ0) is 14.0. The van der Waals surface area contributed by atoms with Crippen LogP contribution >= 0.6 is 0 Å². The summed E-state index contributed by atoms with van der Waals surface area (Å²) < 4.78 is 29.7. The molecule has 1 fully saturated rings. The van der Waals surface area contributed by atoms with Crippen LogP contribution in [0.5, 0.6) is 0 Å². The molecule has 18 heavy (non-hydrogen) atoms. The van der Waals surface area contributed by atoms with Crippen LogP contribution in [0.3, 0.4) is 0 Å². The van der Waals surface area contributed by atoms with Gasteiger partial charge in [0, 0.05) is 20.2 Å². The molecule has 3 unspecified atom stereocenters. The van der Waals surface area contributed by atoms with Gasteiger partial charge in [0.1, 0.15) is 0 Å². The van der Waals surface area contributed by atoms with Crippen molar-refractivity contribution in [3.8, 4) is 0 Å². The Morgan fingerprint density at radius 1 is 1.56 bits per heavy atom. The largest absolute Gasteiger partial charge is 0.387 e. The standard InChI is InChI=1S/C12H25NO4S/c1-10(17-3)12(2,14)8-11-6-5-7-13(9-11)18(4,15)16/h10-11,14H,5-9H2,1-4H3. The molecule has 0 aromatic carbocycles. The fourth-order valence-corrected chi connectivity index (χ4v) is 3.44. The van der Waals surface area contributed by atoms with E-state index in [0.29, 0.717) is 19.5 Å². The van der Waals surface area contributed by atoms with Crippen LogP contribution in [-0.2, 0) is 14.8 Å². The molecule has 0 aromatic heterocycles. The minimum atomic E-state index is -3.12. The van der Waals surface area contributed by atoms with E-state index >= 15 is 0 Å². The van der Waals surface area contributed by atoms with Gasteiger partial charge in [0.15, 0.2) is 0 Å². The van der Waals surface area contributed by atoms with E-state index in [-0.39, 0.29) is 12.0 Å². The molecular formula is C12H25NO4S. The Hall–Kier alpha value is -0.170. The van der Waals surface area contributed by atoms with Gasteiger partial charge in [0.05, 0.1) is 18.0 Å². The predicted octanol–water partition coefficient (Wildman–Crippen LogP) is 0.834. The Bertz CT molecular complexity index is 366. The highest BCUT2D eigenvalue weighted by Gasteiger charge is 2.34. The second-order valence-corrected chi connectivity index (χ2v) is 7.55. The summed E-state index contributed by atoms with van der Waals surface area (Å²) in [4.78, 5) is 0. The fourth-order valence-electron chi connectivity index (χ4n) is 2.50. The van der Waals surface area contributed by atoms with Gasteiger partial charge in [-0.15, -0.1) is 0 Å². The number of nitrogens with zero attached hydrogens (tertiary/aromatic N) is 1. The first-order chi connectivity index (χ1) is 8.16. The fraction of sp³-hybridized carbons (Fsp3) is 1.00. The van der Waals surface area contributed by atoms with Gasteiger partial charge in [-0.3, -0.25) is 0 Å². The minimum absolute atomic E-state index is 0.195. The Morgan fingerprint density at radius 2 is 2.17 bits per heavy atom. The SMILES string of the molecule is COC(C)C(C)(O)CC1CCCN(S(C)(=O)=O)C1. The second-order valence-electron chi connectivity index (χ2n) is 5.57. The van der Waals surface area contributed by atoms with Crippen LogP contribution < -0.4 is 0 Å². The zero-order valence-corrected chi connectivity index (χ0v) is 12.5. The quantitative estimate of drug-likeness (QED) is 0.809. The predicted molar refractivity (Wildman–Crippen MR) is 70.9 cm³/mol. The van der Waals surface area contributed by atoms with Gasteiger partial charge in [-0.2, -0.15) is 0 Å². The first-order valence-corrected chi connectivity index (χ1v) is 8.22. The van der Waals surface area contributed by atoms with E-state index in [9.17, 15) is 13.5 Å². The van der Waals surface area contributed by atoms with E-state index in [0.717, 1.165) is 12.8 Å². The second kappa shape index (κ2) is 5.86. The van der Waals surface area contributed by atoms with Gasteiger partial charge >= 0.3 is 0 Å². The molecule has 1 rings (SSSR count). The number of hydrogen-bond donors (Lipinski definition) is 1. The lowest BCUT2D eigenvalue weighted by Gasteiger charge is -2.37. The van der Waals surface area contributed by atoms with Crippen LogP contribution in [0, 0.1) is 5.92 Å². The van der Waals surface area contributed by atoms with E-state index in [2.05, 4.69) is 0 Å². The van der Waals surface area contributed by atoms with Crippen molar-refractivity contribution in [3.05, 3.63) is 0 Å². The number of hydrogen-bond acceptors (Lipinski definition) is 4. The maximum atomic E-state index is 11.5. The lowest BCUT2D eigenvalue weighted by molar-refractivity contribution is -0.0878. The topological polar surface area (TPSA) is 66.8 Å². The van der Waals surface area contributed by atoms with Crippen LogP contribution in [0.15, 0.2) is 0 Å². The van der Waals surface area contributed by atoms with Crippen molar-refractivity contribution in [1.29, 1.82) is 0 Å². The summed E-state index contributed by atoms with van der Waals surface area (Å²) in [5, 5.41) is 10.3. The highest BCUT2D eigenvalue weighted by Crippen LogP contribution is 2.29. The van der Waals surface area contributed by atoms with Gasteiger partial charge in [0.2, 0.25) is 10.0 Å².